The Morgan fingerprint density at radius 2 is 1.92 bits per heavy atom. The highest BCUT2D eigenvalue weighted by Gasteiger charge is 2.41. The van der Waals surface area contributed by atoms with Crippen LogP contribution in [0.1, 0.15) is 31.2 Å². The first kappa shape index (κ1) is 15.8. The largest absolute Gasteiger partial charge is 0.381 e. The smallest absolute Gasteiger partial charge is 0.223 e. The van der Waals surface area contributed by atoms with E-state index in [1.165, 1.54) is 12.1 Å². The summed E-state index contributed by atoms with van der Waals surface area (Å²) in [4.78, 5) is 12.7. The fraction of sp³-hybridized carbons (Fsp3) is 0.550. The van der Waals surface area contributed by atoms with Crippen molar-refractivity contribution in [3.63, 3.8) is 0 Å². The Morgan fingerprint density at radius 1 is 1.17 bits per heavy atom. The predicted molar refractivity (Wildman–Crippen MR) is 90.0 cm³/mol. The van der Waals surface area contributed by atoms with E-state index in [4.69, 9.17) is 4.74 Å². The van der Waals surface area contributed by atoms with Gasteiger partial charge in [0.2, 0.25) is 5.91 Å². The van der Waals surface area contributed by atoms with Crippen LogP contribution in [0.4, 0.5) is 4.39 Å². The molecule has 3 atom stereocenters. The van der Waals surface area contributed by atoms with Gasteiger partial charge in [0.15, 0.2) is 0 Å². The van der Waals surface area contributed by atoms with E-state index in [1.54, 1.807) is 0 Å². The van der Waals surface area contributed by atoms with E-state index in [1.807, 2.05) is 12.1 Å². The average molecular weight is 329 g/mol. The van der Waals surface area contributed by atoms with Crippen LogP contribution in [-0.4, -0.2) is 25.7 Å². The van der Waals surface area contributed by atoms with E-state index in [0.29, 0.717) is 31.6 Å². The number of ether oxygens (including phenoxy) is 1. The molecule has 0 spiro atoms. The van der Waals surface area contributed by atoms with Gasteiger partial charge in [-0.25, -0.2) is 4.39 Å². The van der Waals surface area contributed by atoms with Crippen molar-refractivity contribution >= 4 is 5.91 Å². The number of amides is 1. The van der Waals surface area contributed by atoms with Gasteiger partial charge in [-0.3, -0.25) is 4.79 Å². The van der Waals surface area contributed by atoms with Gasteiger partial charge in [-0.15, -0.1) is 0 Å². The molecule has 0 aromatic heterocycles. The van der Waals surface area contributed by atoms with Crippen LogP contribution in [0.5, 0.6) is 0 Å². The maximum absolute atomic E-state index is 13.3. The molecule has 1 aromatic rings. The fourth-order valence-electron chi connectivity index (χ4n) is 4.60. The van der Waals surface area contributed by atoms with Gasteiger partial charge in [0.1, 0.15) is 5.82 Å². The molecule has 0 radical (unpaired) electrons. The van der Waals surface area contributed by atoms with Crippen molar-refractivity contribution in [3.8, 4) is 0 Å². The number of hydrogen-bond acceptors (Lipinski definition) is 2. The van der Waals surface area contributed by atoms with E-state index < -0.39 is 0 Å². The summed E-state index contributed by atoms with van der Waals surface area (Å²) in [5, 5.41) is 3.21. The molecule has 0 unspecified atom stereocenters. The van der Waals surface area contributed by atoms with Crippen LogP contribution in [0.2, 0.25) is 0 Å². The lowest BCUT2D eigenvalue weighted by Crippen LogP contribution is -2.46. The lowest BCUT2D eigenvalue weighted by molar-refractivity contribution is -0.126. The topological polar surface area (TPSA) is 38.3 Å². The predicted octanol–water partition coefficient (Wildman–Crippen LogP) is 3.20. The maximum Gasteiger partial charge on any atom is 0.223 e. The standard InChI is InChI=1S/C20H24FNO2/c21-17-5-3-16(4-6-17)20(7-9-24-10-8-20)13-22-19(23)18-12-14-1-2-15(18)11-14/h1-6,14-15,18H,7-13H2,(H,22,23)/t14-,15-,18-/m0/s1. The highest BCUT2D eigenvalue weighted by Crippen LogP contribution is 2.43. The number of carbonyl (C=O) groups is 1. The lowest BCUT2D eigenvalue weighted by Gasteiger charge is -2.38. The van der Waals surface area contributed by atoms with Crippen molar-refractivity contribution in [2.24, 2.45) is 17.8 Å². The molecule has 24 heavy (non-hydrogen) atoms. The normalized spacial score (nSPS) is 30.5. The summed E-state index contributed by atoms with van der Waals surface area (Å²) in [5.41, 5.74) is 0.954. The van der Waals surface area contributed by atoms with Gasteiger partial charge in [0.05, 0.1) is 0 Å². The highest BCUT2D eigenvalue weighted by atomic mass is 19.1. The van der Waals surface area contributed by atoms with Crippen LogP contribution in [-0.2, 0) is 14.9 Å². The van der Waals surface area contributed by atoms with Crippen LogP contribution < -0.4 is 5.32 Å². The maximum atomic E-state index is 13.3. The van der Waals surface area contributed by atoms with Crippen molar-refractivity contribution in [2.45, 2.75) is 31.1 Å². The molecule has 2 aliphatic carbocycles. The van der Waals surface area contributed by atoms with Gasteiger partial charge in [-0.1, -0.05) is 24.3 Å². The second kappa shape index (κ2) is 6.32. The number of allylic oxidation sites excluding steroid dienone is 2. The van der Waals surface area contributed by atoms with Gasteiger partial charge in [0, 0.05) is 31.1 Å². The number of fused-ring (bicyclic) bond motifs is 2. The molecule has 1 aromatic carbocycles. The Labute approximate surface area is 142 Å². The molecule has 4 heteroatoms. The summed E-state index contributed by atoms with van der Waals surface area (Å²) in [7, 11) is 0. The van der Waals surface area contributed by atoms with Gasteiger partial charge < -0.3 is 10.1 Å². The van der Waals surface area contributed by atoms with E-state index in [0.717, 1.165) is 31.2 Å². The van der Waals surface area contributed by atoms with E-state index >= 15 is 0 Å². The number of halogens is 1. The van der Waals surface area contributed by atoms with Crippen LogP contribution in [0.3, 0.4) is 0 Å². The Bertz CT molecular complexity index is 634. The van der Waals surface area contributed by atoms with Gasteiger partial charge >= 0.3 is 0 Å². The summed E-state index contributed by atoms with van der Waals surface area (Å²) in [6.45, 7) is 1.98. The molecule has 1 saturated heterocycles. The van der Waals surface area contributed by atoms with E-state index in [-0.39, 0.29) is 23.1 Å². The number of nitrogens with one attached hydrogen (secondary N) is 1. The number of benzene rings is 1. The van der Waals surface area contributed by atoms with Crippen LogP contribution in [0, 0.1) is 23.6 Å². The van der Waals surface area contributed by atoms with Crippen molar-refractivity contribution < 1.29 is 13.9 Å². The minimum Gasteiger partial charge on any atom is -0.381 e. The van der Waals surface area contributed by atoms with Gasteiger partial charge in [-0.2, -0.15) is 0 Å². The van der Waals surface area contributed by atoms with Gasteiger partial charge in [-0.05, 0) is 55.2 Å². The number of rotatable bonds is 4. The summed E-state index contributed by atoms with van der Waals surface area (Å²) < 4.78 is 18.8. The molecule has 2 fully saturated rings. The molecule has 2 bridgehead atoms. The first-order valence-electron chi connectivity index (χ1n) is 8.96. The molecule has 4 rings (SSSR count). The zero-order chi connectivity index (χ0) is 16.6. The van der Waals surface area contributed by atoms with Crippen molar-refractivity contribution in [2.75, 3.05) is 19.8 Å². The van der Waals surface area contributed by atoms with Crippen LogP contribution in [0.15, 0.2) is 36.4 Å². The molecular weight excluding hydrogens is 305 g/mol. The average Bonchev–Trinajstić information content (AvgIpc) is 3.24. The lowest BCUT2D eigenvalue weighted by atomic mass is 9.74. The van der Waals surface area contributed by atoms with E-state index in [9.17, 15) is 9.18 Å². The summed E-state index contributed by atoms with van der Waals surface area (Å²) in [5.74, 6) is 1.11. The molecule has 3 aliphatic rings. The second-order valence-electron chi connectivity index (χ2n) is 7.50. The Morgan fingerprint density at radius 3 is 2.54 bits per heavy atom. The minimum atomic E-state index is -0.223. The fourth-order valence-corrected chi connectivity index (χ4v) is 4.60. The molecule has 1 N–H and O–H groups in total. The van der Waals surface area contributed by atoms with Crippen molar-refractivity contribution in [1.29, 1.82) is 0 Å². The summed E-state index contributed by atoms with van der Waals surface area (Å²) in [6.07, 6.45) is 8.30. The monoisotopic (exact) mass is 329 g/mol. The third kappa shape index (κ3) is 2.88. The zero-order valence-electron chi connectivity index (χ0n) is 13.8. The third-order valence-corrected chi connectivity index (χ3v) is 6.12. The Balaban J connectivity index is 1.47. The Hall–Kier alpha value is -1.68. The number of hydrogen-bond donors (Lipinski definition) is 1. The summed E-state index contributed by atoms with van der Waals surface area (Å²) >= 11 is 0. The third-order valence-electron chi connectivity index (χ3n) is 6.12. The Kier molecular flexibility index (Phi) is 4.17. The first-order valence-corrected chi connectivity index (χ1v) is 8.96. The molecule has 3 nitrogen and oxygen atoms in total. The van der Waals surface area contributed by atoms with Gasteiger partial charge in [0.25, 0.3) is 0 Å². The SMILES string of the molecule is O=C(NCC1(c2ccc(F)cc2)CCOCC1)[C@H]1C[C@H]2C=C[C@H]1C2. The zero-order valence-corrected chi connectivity index (χ0v) is 13.8. The molecule has 1 aliphatic heterocycles. The summed E-state index contributed by atoms with van der Waals surface area (Å²) in [6, 6.07) is 6.73. The van der Waals surface area contributed by atoms with E-state index in [2.05, 4.69) is 17.5 Å². The number of carbonyl (C=O) groups excluding carboxylic acids is 1. The molecular formula is C20H24FNO2. The second-order valence-corrected chi connectivity index (χ2v) is 7.50. The van der Waals surface area contributed by atoms with Crippen LogP contribution in [0.25, 0.3) is 0 Å². The molecule has 1 heterocycles. The molecule has 1 saturated carbocycles. The highest BCUT2D eigenvalue weighted by molar-refractivity contribution is 5.80. The first-order chi connectivity index (χ1) is 11.7. The van der Waals surface area contributed by atoms with Crippen molar-refractivity contribution in [3.05, 3.63) is 47.8 Å². The van der Waals surface area contributed by atoms with Crippen LogP contribution >= 0.6 is 0 Å². The quantitative estimate of drug-likeness (QED) is 0.862. The molecule has 128 valence electrons. The van der Waals surface area contributed by atoms with Crippen molar-refractivity contribution in [1.82, 2.24) is 5.32 Å². The molecule has 1 amide bonds. The minimum absolute atomic E-state index is 0.130.